The summed E-state index contributed by atoms with van der Waals surface area (Å²) in [6.45, 7) is 0. The summed E-state index contributed by atoms with van der Waals surface area (Å²) >= 11 is 6.10. The summed E-state index contributed by atoms with van der Waals surface area (Å²) in [6.07, 6.45) is 0. The summed E-state index contributed by atoms with van der Waals surface area (Å²) in [5.41, 5.74) is 1.72. The second-order valence-corrected chi connectivity index (χ2v) is 3.61. The molecule has 0 saturated carbocycles. The smallest absolute Gasteiger partial charge is 0.537 e. The number of halogens is 1. The van der Waals surface area contributed by atoms with Gasteiger partial charge in [-0.2, -0.15) is 0 Å². The largest absolute Gasteiger partial charge is 0.569 e. The molecule has 0 atom stereocenters. The van der Waals surface area contributed by atoms with Gasteiger partial charge in [-0.3, -0.25) is 0 Å². The predicted molar refractivity (Wildman–Crippen MR) is 65.5 cm³/mol. The van der Waals surface area contributed by atoms with Crippen LogP contribution in [0.5, 0.6) is 5.75 Å². The van der Waals surface area contributed by atoms with Crippen LogP contribution in [0.4, 0.5) is 0 Å². The van der Waals surface area contributed by atoms with E-state index in [4.69, 9.17) is 21.3 Å². The minimum atomic E-state index is 0.568. The SMILES string of the molecule is O[B]Oc1ccccc1-c1ccccc1Cl. The Bertz CT molecular complexity index is 488. The van der Waals surface area contributed by atoms with E-state index in [1.165, 1.54) is 0 Å². The van der Waals surface area contributed by atoms with Gasteiger partial charge in [0.15, 0.2) is 0 Å². The molecule has 2 aromatic carbocycles. The van der Waals surface area contributed by atoms with Crippen molar-refractivity contribution in [2.24, 2.45) is 0 Å². The molecular formula is C12H9BClO2. The van der Waals surface area contributed by atoms with Crippen LogP contribution in [0.2, 0.25) is 5.02 Å². The van der Waals surface area contributed by atoms with E-state index in [1.54, 1.807) is 6.07 Å². The van der Waals surface area contributed by atoms with Gasteiger partial charge < -0.3 is 9.68 Å². The third kappa shape index (κ3) is 2.21. The van der Waals surface area contributed by atoms with Crippen LogP contribution < -0.4 is 4.65 Å². The highest BCUT2D eigenvalue weighted by molar-refractivity contribution is 6.33. The molecule has 0 saturated heterocycles. The van der Waals surface area contributed by atoms with E-state index in [9.17, 15) is 0 Å². The monoisotopic (exact) mass is 231 g/mol. The molecule has 0 fully saturated rings. The Morgan fingerprint density at radius 3 is 2.25 bits per heavy atom. The van der Waals surface area contributed by atoms with Crippen molar-refractivity contribution in [3.63, 3.8) is 0 Å². The molecular weight excluding hydrogens is 222 g/mol. The van der Waals surface area contributed by atoms with Gasteiger partial charge in [0, 0.05) is 16.1 Å². The van der Waals surface area contributed by atoms with Crippen molar-refractivity contribution < 1.29 is 9.68 Å². The number of para-hydroxylation sites is 1. The van der Waals surface area contributed by atoms with Gasteiger partial charge in [-0.1, -0.05) is 48.0 Å². The van der Waals surface area contributed by atoms with Gasteiger partial charge >= 0.3 is 7.69 Å². The van der Waals surface area contributed by atoms with Crippen molar-refractivity contribution in [1.29, 1.82) is 0 Å². The van der Waals surface area contributed by atoms with Crippen molar-refractivity contribution in [3.05, 3.63) is 53.6 Å². The van der Waals surface area contributed by atoms with Crippen LogP contribution in [0.25, 0.3) is 11.1 Å². The Labute approximate surface area is 99.8 Å². The molecule has 0 aliphatic carbocycles. The highest BCUT2D eigenvalue weighted by Gasteiger charge is 2.08. The van der Waals surface area contributed by atoms with E-state index in [1.807, 2.05) is 42.5 Å². The number of rotatable bonds is 3. The van der Waals surface area contributed by atoms with E-state index in [-0.39, 0.29) is 0 Å². The van der Waals surface area contributed by atoms with Gasteiger partial charge in [0.25, 0.3) is 0 Å². The van der Waals surface area contributed by atoms with Crippen molar-refractivity contribution in [2.75, 3.05) is 0 Å². The maximum absolute atomic E-state index is 8.68. The lowest BCUT2D eigenvalue weighted by molar-refractivity contribution is 0.455. The second-order valence-electron chi connectivity index (χ2n) is 3.20. The van der Waals surface area contributed by atoms with Gasteiger partial charge in [0.2, 0.25) is 0 Å². The molecule has 0 heterocycles. The third-order valence-electron chi connectivity index (χ3n) is 2.23. The molecule has 2 nitrogen and oxygen atoms in total. The maximum Gasteiger partial charge on any atom is 0.569 e. The second kappa shape index (κ2) is 5.06. The van der Waals surface area contributed by atoms with Gasteiger partial charge in [0.1, 0.15) is 5.75 Å². The third-order valence-corrected chi connectivity index (χ3v) is 2.56. The highest BCUT2D eigenvalue weighted by Crippen LogP contribution is 2.34. The summed E-state index contributed by atoms with van der Waals surface area (Å²) in [6, 6.07) is 14.9. The van der Waals surface area contributed by atoms with Gasteiger partial charge in [0.05, 0.1) is 0 Å². The molecule has 0 aromatic heterocycles. The fourth-order valence-corrected chi connectivity index (χ4v) is 1.77. The molecule has 4 heteroatoms. The zero-order chi connectivity index (χ0) is 11.4. The number of hydrogen-bond donors (Lipinski definition) is 1. The average Bonchev–Trinajstić information content (AvgIpc) is 2.31. The molecule has 0 spiro atoms. The summed E-state index contributed by atoms with van der Waals surface area (Å²) in [5.74, 6) is 0.568. The number of hydrogen-bond acceptors (Lipinski definition) is 2. The zero-order valence-corrected chi connectivity index (χ0v) is 9.19. The Kier molecular flexibility index (Phi) is 3.49. The normalized spacial score (nSPS) is 9.88. The number of benzene rings is 2. The lowest BCUT2D eigenvalue weighted by atomic mass is 10.0. The zero-order valence-electron chi connectivity index (χ0n) is 8.43. The summed E-state index contributed by atoms with van der Waals surface area (Å²) in [7, 11) is 0.662. The first-order valence-corrected chi connectivity index (χ1v) is 5.17. The molecule has 2 rings (SSSR count). The Morgan fingerprint density at radius 1 is 0.938 bits per heavy atom. The molecule has 0 bridgehead atoms. The van der Waals surface area contributed by atoms with Crippen molar-refractivity contribution in [3.8, 4) is 16.9 Å². The molecule has 0 amide bonds. The van der Waals surface area contributed by atoms with E-state index >= 15 is 0 Å². The van der Waals surface area contributed by atoms with Crippen LogP contribution in [-0.2, 0) is 0 Å². The van der Waals surface area contributed by atoms with Crippen molar-refractivity contribution in [1.82, 2.24) is 0 Å². The van der Waals surface area contributed by atoms with Crippen LogP contribution in [0, 0.1) is 0 Å². The minimum Gasteiger partial charge on any atom is -0.537 e. The summed E-state index contributed by atoms with van der Waals surface area (Å²) in [5, 5.41) is 9.33. The standard InChI is InChI=1S/C12H9BClO2/c14-11-7-3-1-5-9(11)10-6-2-4-8-12(10)16-13-15/h1-8,15H. The quantitative estimate of drug-likeness (QED) is 0.823. The van der Waals surface area contributed by atoms with Crippen LogP contribution in [0.3, 0.4) is 0 Å². The van der Waals surface area contributed by atoms with E-state index in [0.717, 1.165) is 11.1 Å². The molecule has 0 aliphatic rings. The Balaban J connectivity index is 2.51. The predicted octanol–water partition coefficient (Wildman–Crippen LogP) is 2.91. The summed E-state index contributed by atoms with van der Waals surface area (Å²) < 4.78 is 5.02. The van der Waals surface area contributed by atoms with Gasteiger partial charge in [-0.25, -0.2) is 0 Å². The van der Waals surface area contributed by atoms with E-state index < -0.39 is 0 Å². The highest BCUT2D eigenvalue weighted by atomic mass is 35.5. The molecule has 0 aliphatic heterocycles. The average molecular weight is 231 g/mol. The van der Waals surface area contributed by atoms with Gasteiger partial charge in [-0.05, 0) is 12.1 Å². The van der Waals surface area contributed by atoms with Crippen LogP contribution >= 0.6 is 11.6 Å². The molecule has 2 aromatic rings. The van der Waals surface area contributed by atoms with E-state index in [0.29, 0.717) is 18.5 Å². The van der Waals surface area contributed by atoms with Gasteiger partial charge in [-0.15, -0.1) is 0 Å². The van der Waals surface area contributed by atoms with Crippen LogP contribution in [0.1, 0.15) is 0 Å². The minimum absolute atomic E-state index is 0.568. The molecule has 1 N–H and O–H groups in total. The summed E-state index contributed by atoms with van der Waals surface area (Å²) in [4.78, 5) is 0. The lowest BCUT2D eigenvalue weighted by Gasteiger charge is -2.10. The van der Waals surface area contributed by atoms with Crippen LogP contribution in [0.15, 0.2) is 48.5 Å². The Morgan fingerprint density at radius 2 is 1.56 bits per heavy atom. The first-order chi connectivity index (χ1) is 7.83. The molecule has 16 heavy (non-hydrogen) atoms. The lowest BCUT2D eigenvalue weighted by Crippen LogP contribution is -2.01. The van der Waals surface area contributed by atoms with Crippen LogP contribution in [-0.4, -0.2) is 12.7 Å². The topological polar surface area (TPSA) is 29.5 Å². The first-order valence-electron chi connectivity index (χ1n) is 4.79. The van der Waals surface area contributed by atoms with E-state index in [2.05, 4.69) is 0 Å². The Hall–Kier alpha value is -1.45. The fourth-order valence-electron chi connectivity index (χ4n) is 1.53. The molecule has 1 radical (unpaired) electrons. The van der Waals surface area contributed by atoms with Crippen molar-refractivity contribution >= 4 is 19.3 Å². The maximum atomic E-state index is 8.68. The molecule has 0 unspecified atom stereocenters. The van der Waals surface area contributed by atoms with Crippen molar-refractivity contribution in [2.45, 2.75) is 0 Å². The fraction of sp³-hybridized carbons (Fsp3) is 0. The first kappa shape index (κ1) is 11.1. The molecule has 79 valence electrons.